The molecule has 1 aliphatic heterocycles. The number of rotatable bonds is 7. The summed E-state index contributed by atoms with van der Waals surface area (Å²) in [6.45, 7) is 4.67. The van der Waals surface area contributed by atoms with Crippen LogP contribution in [0, 0.1) is 10.5 Å². The van der Waals surface area contributed by atoms with E-state index < -0.39 is 0 Å². The maximum atomic E-state index is 12.5. The van der Waals surface area contributed by atoms with E-state index in [1.807, 2.05) is 55.5 Å². The van der Waals surface area contributed by atoms with Crippen LogP contribution in [0.3, 0.4) is 0 Å². The van der Waals surface area contributed by atoms with E-state index in [-0.39, 0.29) is 11.7 Å². The molecule has 2 aromatic carbocycles. The highest BCUT2D eigenvalue weighted by Crippen LogP contribution is 2.23. The van der Waals surface area contributed by atoms with Gasteiger partial charge in [-0.1, -0.05) is 30.0 Å². The van der Waals surface area contributed by atoms with Gasteiger partial charge < -0.3 is 20.3 Å². The summed E-state index contributed by atoms with van der Waals surface area (Å²) in [6.07, 6.45) is 0. The average Bonchev–Trinajstić information content (AvgIpc) is 2.81. The molecule has 0 atom stereocenters. The molecule has 0 spiro atoms. The number of hydrogen-bond donors (Lipinski definition) is 2. The lowest BCUT2D eigenvalue weighted by Gasteiger charge is -2.27. The zero-order valence-corrected chi connectivity index (χ0v) is 20.5. The van der Waals surface area contributed by atoms with Gasteiger partial charge in [-0.3, -0.25) is 4.79 Å². The van der Waals surface area contributed by atoms with E-state index in [9.17, 15) is 4.79 Å². The number of nitrogens with zero attached hydrogens (tertiary/aromatic N) is 4. The largest absolute Gasteiger partial charge is 0.378 e. The molecule has 3 aromatic rings. The fraction of sp³-hybridized carbons (Fsp3) is 0.273. The Morgan fingerprint density at radius 1 is 1.12 bits per heavy atom. The molecule has 166 valence electrons. The first kappa shape index (κ1) is 22.7. The molecule has 2 N–H and O–H groups in total. The lowest BCUT2D eigenvalue weighted by atomic mass is 10.2. The standard InChI is InChI=1S/C22H23IN6O2S/c1-15-13-16(23)7-8-18(15)25-19(30)14-32-22-27-20(24-17-5-3-2-4-6-17)26-21(28-22)29-9-11-31-12-10-29/h2-8,13H,9-12,14H2,1H3,(H,25,30)(H,24,26,27,28). The first-order valence-electron chi connectivity index (χ1n) is 10.2. The molecule has 0 unspecified atom stereocenters. The summed E-state index contributed by atoms with van der Waals surface area (Å²) < 4.78 is 6.57. The predicted octanol–water partition coefficient (Wildman–Crippen LogP) is 4.10. The van der Waals surface area contributed by atoms with Gasteiger partial charge in [-0.2, -0.15) is 15.0 Å². The van der Waals surface area contributed by atoms with Gasteiger partial charge in [-0.25, -0.2) is 0 Å². The highest BCUT2D eigenvalue weighted by Gasteiger charge is 2.18. The number of carbonyl (C=O) groups is 1. The Kier molecular flexibility index (Phi) is 7.76. The number of aromatic nitrogens is 3. The highest BCUT2D eigenvalue weighted by atomic mass is 127. The summed E-state index contributed by atoms with van der Waals surface area (Å²) in [5, 5.41) is 6.69. The minimum Gasteiger partial charge on any atom is -0.378 e. The molecule has 0 radical (unpaired) electrons. The monoisotopic (exact) mass is 562 g/mol. The van der Waals surface area contributed by atoms with Crippen LogP contribution in [0.1, 0.15) is 5.56 Å². The van der Waals surface area contributed by atoms with Gasteiger partial charge in [0.15, 0.2) is 5.16 Å². The fourth-order valence-corrected chi connectivity index (χ4v) is 4.38. The number of benzene rings is 2. The van der Waals surface area contributed by atoms with E-state index in [1.165, 1.54) is 11.8 Å². The minimum absolute atomic E-state index is 0.106. The fourth-order valence-electron chi connectivity index (χ4n) is 3.11. The zero-order valence-electron chi connectivity index (χ0n) is 17.5. The second kappa shape index (κ2) is 10.9. The zero-order chi connectivity index (χ0) is 22.3. The number of aryl methyl sites for hydroxylation is 1. The van der Waals surface area contributed by atoms with Crippen molar-refractivity contribution in [1.82, 2.24) is 15.0 Å². The molecule has 0 aliphatic carbocycles. The summed E-state index contributed by atoms with van der Waals surface area (Å²) in [7, 11) is 0. The van der Waals surface area contributed by atoms with Crippen LogP contribution in [0.15, 0.2) is 53.7 Å². The van der Waals surface area contributed by atoms with Crippen molar-refractivity contribution >= 4 is 63.5 Å². The molecular weight excluding hydrogens is 539 g/mol. The van der Waals surface area contributed by atoms with Crippen molar-refractivity contribution < 1.29 is 9.53 Å². The Balaban J connectivity index is 1.48. The van der Waals surface area contributed by atoms with E-state index in [1.54, 1.807) is 0 Å². The molecular formula is C22H23IN6O2S. The molecule has 1 aromatic heterocycles. The molecule has 1 aliphatic rings. The van der Waals surface area contributed by atoms with Crippen LogP contribution >= 0.6 is 34.4 Å². The van der Waals surface area contributed by atoms with Gasteiger partial charge in [0.05, 0.1) is 19.0 Å². The number of ether oxygens (including phenoxy) is 1. The van der Waals surface area contributed by atoms with Crippen molar-refractivity contribution in [1.29, 1.82) is 0 Å². The van der Waals surface area contributed by atoms with Crippen LogP contribution in [-0.2, 0) is 9.53 Å². The van der Waals surface area contributed by atoms with Crippen molar-refractivity contribution in [3.05, 3.63) is 57.7 Å². The summed E-state index contributed by atoms with van der Waals surface area (Å²) in [6, 6.07) is 15.7. The lowest BCUT2D eigenvalue weighted by molar-refractivity contribution is -0.113. The first-order valence-corrected chi connectivity index (χ1v) is 12.2. The minimum atomic E-state index is -0.106. The third kappa shape index (κ3) is 6.30. The van der Waals surface area contributed by atoms with Gasteiger partial charge in [-0.15, -0.1) is 0 Å². The quantitative estimate of drug-likeness (QED) is 0.329. The molecule has 4 rings (SSSR count). The van der Waals surface area contributed by atoms with Gasteiger partial charge in [0.1, 0.15) is 0 Å². The predicted molar refractivity (Wildman–Crippen MR) is 136 cm³/mol. The lowest BCUT2D eigenvalue weighted by Crippen LogP contribution is -2.37. The Bertz CT molecular complexity index is 1080. The number of thioether (sulfide) groups is 1. The van der Waals surface area contributed by atoms with Crippen molar-refractivity contribution in [2.45, 2.75) is 12.1 Å². The van der Waals surface area contributed by atoms with Gasteiger partial charge in [0.25, 0.3) is 0 Å². The number of anilines is 4. The van der Waals surface area contributed by atoms with E-state index in [0.717, 1.165) is 20.5 Å². The van der Waals surface area contributed by atoms with Crippen LogP contribution in [0.25, 0.3) is 0 Å². The van der Waals surface area contributed by atoms with E-state index in [0.29, 0.717) is 43.4 Å². The molecule has 1 fully saturated rings. The van der Waals surface area contributed by atoms with Crippen LogP contribution in [-0.4, -0.2) is 52.9 Å². The third-order valence-electron chi connectivity index (χ3n) is 4.72. The molecule has 32 heavy (non-hydrogen) atoms. The SMILES string of the molecule is Cc1cc(I)ccc1NC(=O)CSc1nc(Nc2ccccc2)nc(N2CCOCC2)n1. The van der Waals surface area contributed by atoms with Gasteiger partial charge in [0, 0.05) is 28.0 Å². The number of hydrogen-bond acceptors (Lipinski definition) is 8. The molecule has 8 nitrogen and oxygen atoms in total. The Morgan fingerprint density at radius 3 is 2.66 bits per heavy atom. The second-order valence-electron chi connectivity index (χ2n) is 7.13. The van der Waals surface area contributed by atoms with Crippen LogP contribution in [0.2, 0.25) is 0 Å². The summed E-state index contributed by atoms with van der Waals surface area (Å²) in [5.74, 6) is 1.12. The van der Waals surface area contributed by atoms with Crippen LogP contribution in [0.4, 0.5) is 23.3 Å². The topological polar surface area (TPSA) is 92.3 Å². The third-order valence-corrected chi connectivity index (χ3v) is 6.24. The molecule has 1 saturated heterocycles. The number of amides is 1. The Labute approximate surface area is 204 Å². The number of nitrogens with one attached hydrogen (secondary N) is 2. The number of carbonyl (C=O) groups excluding carboxylic acids is 1. The Hall–Kier alpha value is -2.44. The highest BCUT2D eigenvalue weighted by molar-refractivity contribution is 14.1. The van der Waals surface area contributed by atoms with Crippen molar-refractivity contribution in [3.8, 4) is 0 Å². The first-order chi connectivity index (χ1) is 15.6. The van der Waals surface area contributed by atoms with Gasteiger partial charge in [0.2, 0.25) is 17.8 Å². The van der Waals surface area contributed by atoms with Gasteiger partial charge >= 0.3 is 0 Å². The maximum absolute atomic E-state index is 12.5. The second-order valence-corrected chi connectivity index (χ2v) is 9.32. The van der Waals surface area contributed by atoms with Crippen molar-refractivity contribution in [2.24, 2.45) is 0 Å². The molecule has 1 amide bonds. The molecule has 2 heterocycles. The summed E-state index contributed by atoms with van der Waals surface area (Å²) in [4.78, 5) is 28.3. The van der Waals surface area contributed by atoms with Crippen molar-refractivity contribution in [3.63, 3.8) is 0 Å². The van der Waals surface area contributed by atoms with Crippen LogP contribution in [0.5, 0.6) is 0 Å². The molecule has 0 saturated carbocycles. The summed E-state index contributed by atoms with van der Waals surface area (Å²) >= 11 is 3.54. The van der Waals surface area contributed by atoms with E-state index >= 15 is 0 Å². The van der Waals surface area contributed by atoms with E-state index in [2.05, 4.69) is 53.1 Å². The maximum Gasteiger partial charge on any atom is 0.234 e. The number of para-hydroxylation sites is 1. The van der Waals surface area contributed by atoms with Crippen LogP contribution < -0.4 is 15.5 Å². The normalized spacial score (nSPS) is 13.6. The molecule has 10 heteroatoms. The average molecular weight is 562 g/mol. The smallest absolute Gasteiger partial charge is 0.234 e. The number of halogens is 1. The Morgan fingerprint density at radius 2 is 1.91 bits per heavy atom. The van der Waals surface area contributed by atoms with E-state index in [4.69, 9.17) is 4.74 Å². The number of morpholine rings is 1. The van der Waals surface area contributed by atoms with Gasteiger partial charge in [-0.05, 0) is 65.4 Å². The van der Waals surface area contributed by atoms with Crippen molar-refractivity contribution in [2.75, 3.05) is 47.6 Å². The summed E-state index contributed by atoms with van der Waals surface area (Å²) in [5.41, 5.74) is 2.72. The molecule has 0 bridgehead atoms.